The lowest BCUT2D eigenvalue weighted by Crippen LogP contribution is -2.19. The van der Waals surface area contributed by atoms with E-state index in [1.165, 1.54) is 5.56 Å². The predicted octanol–water partition coefficient (Wildman–Crippen LogP) is 4.09. The Labute approximate surface area is 126 Å². The SMILES string of the molecule is CNC(Cc1nc2ccccc2o1)c1ccccc1Br. The number of hydrogen-bond donors (Lipinski definition) is 1. The first kappa shape index (κ1) is 13.3. The van der Waals surface area contributed by atoms with Gasteiger partial charge in [0, 0.05) is 16.9 Å². The molecule has 102 valence electrons. The lowest BCUT2D eigenvalue weighted by atomic mass is 10.0. The number of hydrogen-bond acceptors (Lipinski definition) is 3. The van der Waals surface area contributed by atoms with Gasteiger partial charge in [-0.1, -0.05) is 46.3 Å². The van der Waals surface area contributed by atoms with Crippen LogP contribution in [-0.4, -0.2) is 12.0 Å². The van der Waals surface area contributed by atoms with Crippen LogP contribution in [0, 0.1) is 0 Å². The van der Waals surface area contributed by atoms with E-state index in [1.807, 2.05) is 49.5 Å². The van der Waals surface area contributed by atoms with Crippen molar-refractivity contribution in [1.29, 1.82) is 0 Å². The number of benzene rings is 2. The molecule has 0 bridgehead atoms. The van der Waals surface area contributed by atoms with E-state index in [4.69, 9.17) is 4.42 Å². The number of oxazole rings is 1. The molecule has 3 rings (SSSR count). The van der Waals surface area contributed by atoms with Crippen molar-refractivity contribution in [3.8, 4) is 0 Å². The van der Waals surface area contributed by atoms with Gasteiger partial charge in [-0.2, -0.15) is 0 Å². The molecule has 0 saturated carbocycles. The lowest BCUT2D eigenvalue weighted by molar-refractivity contribution is 0.473. The largest absolute Gasteiger partial charge is 0.441 e. The van der Waals surface area contributed by atoms with Crippen LogP contribution in [-0.2, 0) is 6.42 Å². The van der Waals surface area contributed by atoms with Gasteiger partial charge in [0.05, 0.1) is 0 Å². The van der Waals surface area contributed by atoms with E-state index < -0.39 is 0 Å². The molecular formula is C16H15BrN2O. The first-order valence-electron chi connectivity index (χ1n) is 6.54. The number of para-hydroxylation sites is 2. The number of aromatic nitrogens is 1. The monoisotopic (exact) mass is 330 g/mol. The highest BCUT2D eigenvalue weighted by Gasteiger charge is 2.16. The van der Waals surface area contributed by atoms with Crippen LogP contribution in [0.5, 0.6) is 0 Å². The maximum atomic E-state index is 5.80. The number of fused-ring (bicyclic) bond motifs is 1. The molecule has 1 heterocycles. The van der Waals surface area contributed by atoms with Crippen molar-refractivity contribution in [3.63, 3.8) is 0 Å². The van der Waals surface area contributed by atoms with Crippen LogP contribution >= 0.6 is 15.9 Å². The molecule has 3 nitrogen and oxygen atoms in total. The zero-order valence-corrected chi connectivity index (χ0v) is 12.7. The lowest BCUT2D eigenvalue weighted by Gasteiger charge is -2.16. The molecule has 0 saturated heterocycles. The van der Waals surface area contributed by atoms with Gasteiger partial charge in [-0.15, -0.1) is 0 Å². The fourth-order valence-corrected chi connectivity index (χ4v) is 2.87. The molecule has 0 aliphatic heterocycles. The summed E-state index contributed by atoms with van der Waals surface area (Å²) in [6.07, 6.45) is 0.716. The van der Waals surface area contributed by atoms with E-state index in [0.29, 0.717) is 6.42 Å². The smallest absolute Gasteiger partial charge is 0.197 e. The van der Waals surface area contributed by atoms with Crippen LogP contribution in [0.2, 0.25) is 0 Å². The molecule has 1 unspecified atom stereocenters. The van der Waals surface area contributed by atoms with E-state index in [2.05, 4.69) is 32.3 Å². The maximum Gasteiger partial charge on any atom is 0.197 e. The second-order valence-corrected chi connectivity index (χ2v) is 5.50. The summed E-state index contributed by atoms with van der Waals surface area (Å²) >= 11 is 3.59. The van der Waals surface area contributed by atoms with Crippen molar-refractivity contribution < 1.29 is 4.42 Å². The molecule has 1 atom stereocenters. The third-order valence-electron chi connectivity index (χ3n) is 3.35. The molecule has 2 aromatic carbocycles. The van der Waals surface area contributed by atoms with Gasteiger partial charge in [0.25, 0.3) is 0 Å². The van der Waals surface area contributed by atoms with Crippen molar-refractivity contribution >= 4 is 27.0 Å². The van der Waals surface area contributed by atoms with Gasteiger partial charge < -0.3 is 9.73 Å². The van der Waals surface area contributed by atoms with Gasteiger partial charge in [-0.25, -0.2) is 4.98 Å². The molecule has 3 aromatic rings. The number of halogens is 1. The van der Waals surface area contributed by atoms with Gasteiger partial charge in [-0.05, 0) is 30.8 Å². The van der Waals surface area contributed by atoms with Crippen molar-refractivity contribution in [2.75, 3.05) is 7.05 Å². The minimum Gasteiger partial charge on any atom is -0.441 e. The highest BCUT2D eigenvalue weighted by molar-refractivity contribution is 9.10. The molecule has 20 heavy (non-hydrogen) atoms. The zero-order valence-electron chi connectivity index (χ0n) is 11.1. The Hall–Kier alpha value is -1.65. The van der Waals surface area contributed by atoms with E-state index in [0.717, 1.165) is 21.5 Å². The molecule has 1 aromatic heterocycles. The van der Waals surface area contributed by atoms with E-state index in [9.17, 15) is 0 Å². The van der Waals surface area contributed by atoms with Crippen LogP contribution in [0.3, 0.4) is 0 Å². The Bertz CT molecular complexity index is 690. The summed E-state index contributed by atoms with van der Waals surface area (Å²) in [6, 6.07) is 16.2. The average Bonchev–Trinajstić information content (AvgIpc) is 2.88. The highest BCUT2D eigenvalue weighted by atomic mass is 79.9. The first-order chi connectivity index (χ1) is 9.78. The molecule has 0 amide bonds. The summed E-state index contributed by atoms with van der Waals surface area (Å²) in [6.45, 7) is 0. The highest BCUT2D eigenvalue weighted by Crippen LogP contribution is 2.26. The summed E-state index contributed by atoms with van der Waals surface area (Å²) < 4.78 is 6.89. The fraction of sp³-hybridized carbons (Fsp3) is 0.188. The normalized spacial score (nSPS) is 12.7. The summed E-state index contributed by atoms with van der Waals surface area (Å²) in [5.41, 5.74) is 2.95. The van der Waals surface area contributed by atoms with Gasteiger partial charge in [0.1, 0.15) is 5.52 Å². The third kappa shape index (κ3) is 2.62. The minimum atomic E-state index is 0.165. The number of rotatable bonds is 4. The maximum absolute atomic E-state index is 5.80. The summed E-state index contributed by atoms with van der Waals surface area (Å²) in [5.74, 6) is 0.751. The number of nitrogens with one attached hydrogen (secondary N) is 1. The average molecular weight is 331 g/mol. The van der Waals surface area contributed by atoms with Crippen molar-refractivity contribution in [2.24, 2.45) is 0 Å². The third-order valence-corrected chi connectivity index (χ3v) is 4.07. The molecule has 4 heteroatoms. The molecule has 1 N–H and O–H groups in total. The van der Waals surface area contributed by atoms with Crippen LogP contribution in [0.4, 0.5) is 0 Å². The molecule has 0 aliphatic rings. The van der Waals surface area contributed by atoms with Gasteiger partial charge in [0.2, 0.25) is 0 Å². The number of likely N-dealkylation sites (N-methyl/N-ethyl adjacent to an activating group) is 1. The summed E-state index contributed by atoms with van der Waals surface area (Å²) in [7, 11) is 1.95. The van der Waals surface area contributed by atoms with Crippen LogP contribution in [0.15, 0.2) is 57.4 Å². The van der Waals surface area contributed by atoms with E-state index in [1.54, 1.807) is 0 Å². The van der Waals surface area contributed by atoms with Crippen LogP contribution < -0.4 is 5.32 Å². The Kier molecular flexibility index (Phi) is 3.85. The second-order valence-electron chi connectivity index (χ2n) is 4.64. The molecule has 0 fully saturated rings. The fourth-order valence-electron chi connectivity index (χ4n) is 2.31. The quantitative estimate of drug-likeness (QED) is 0.782. The number of nitrogens with zero attached hydrogens (tertiary/aromatic N) is 1. The van der Waals surface area contributed by atoms with E-state index in [-0.39, 0.29) is 6.04 Å². The summed E-state index contributed by atoms with van der Waals surface area (Å²) in [5, 5.41) is 3.32. The Balaban J connectivity index is 1.90. The Morgan fingerprint density at radius 2 is 1.90 bits per heavy atom. The second kappa shape index (κ2) is 5.77. The summed E-state index contributed by atoms with van der Waals surface area (Å²) in [4.78, 5) is 4.53. The molecule has 0 radical (unpaired) electrons. The van der Waals surface area contributed by atoms with Crippen LogP contribution in [0.25, 0.3) is 11.1 Å². The van der Waals surface area contributed by atoms with E-state index >= 15 is 0 Å². The van der Waals surface area contributed by atoms with Crippen molar-refractivity contribution in [1.82, 2.24) is 10.3 Å². The Morgan fingerprint density at radius 3 is 2.65 bits per heavy atom. The predicted molar refractivity (Wildman–Crippen MR) is 83.7 cm³/mol. The first-order valence-corrected chi connectivity index (χ1v) is 7.33. The minimum absolute atomic E-state index is 0.165. The van der Waals surface area contributed by atoms with Crippen molar-refractivity contribution in [2.45, 2.75) is 12.5 Å². The van der Waals surface area contributed by atoms with Gasteiger partial charge in [0.15, 0.2) is 11.5 Å². The van der Waals surface area contributed by atoms with Crippen LogP contribution in [0.1, 0.15) is 17.5 Å². The zero-order chi connectivity index (χ0) is 13.9. The van der Waals surface area contributed by atoms with Crippen molar-refractivity contribution in [3.05, 3.63) is 64.5 Å². The van der Waals surface area contributed by atoms with Gasteiger partial charge >= 0.3 is 0 Å². The molecule has 0 spiro atoms. The molecular weight excluding hydrogens is 316 g/mol. The van der Waals surface area contributed by atoms with Gasteiger partial charge in [-0.3, -0.25) is 0 Å². The Morgan fingerprint density at radius 1 is 1.15 bits per heavy atom. The topological polar surface area (TPSA) is 38.1 Å². The standard InChI is InChI=1S/C16H15BrN2O/c1-18-14(11-6-2-3-7-12(11)17)10-16-19-13-8-4-5-9-15(13)20-16/h2-9,14,18H,10H2,1H3. The molecule has 0 aliphatic carbocycles.